The summed E-state index contributed by atoms with van der Waals surface area (Å²) in [5, 5.41) is 19.0. The van der Waals surface area contributed by atoms with Crippen molar-refractivity contribution in [3.05, 3.63) is 176 Å². The number of hydrogen-bond acceptors (Lipinski definition) is 10. The molecule has 0 saturated heterocycles. The summed E-state index contributed by atoms with van der Waals surface area (Å²) in [6.45, 7) is 5.56. The molecule has 17 heteroatoms. The number of aryl methyl sites for hydroxylation is 3. The van der Waals surface area contributed by atoms with Crippen molar-refractivity contribution in [1.29, 1.82) is 0 Å². The van der Waals surface area contributed by atoms with Crippen molar-refractivity contribution < 1.29 is 4.39 Å². The van der Waals surface area contributed by atoms with Crippen LogP contribution >= 0.6 is 0 Å². The number of fused-ring (bicyclic) bond motifs is 6. The Hall–Kier alpha value is -8.20. The molecule has 0 spiro atoms. The Bertz CT molecular complexity index is 3440. The van der Waals surface area contributed by atoms with E-state index in [9.17, 15) is 4.39 Å². The van der Waals surface area contributed by atoms with Crippen LogP contribution < -0.4 is 0 Å². The number of aromatic nitrogens is 13. The van der Waals surface area contributed by atoms with Gasteiger partial charge in [-0.15, -0.1) is 0 Å². The normalized spacial score (nSPS) is 10.8. The first-order chi connectivity index (χ1) is 29.9. The van der Waals surface area contributed by atoms with Gasteiger partial charge in [0.15, 0.2) is 11.6 Å². The van der Waals surface area contributed by atoms with Gasteiger partial charge >= 0.3 is 0 Å². The Labute approximate surface area is 371 Å². The Morgan fingerprint density at radius 3 is 1.53 bits per heavy atom. The van der Waals surface area contributed by atoms with E-state index in [0.29, 0.717) is 11.4 Å². The third-order valence-electron chi connectivity index (χ3n) is 10.2. The van der Waals surface area contributed by atoms with Gasteiger partial charge in [0, 0.05) is 100 Å². The molecule has 9 radical (unpaired) electrons. The van der Waals surface area contributed by atoms with Crippen LogP contribution in [0.3, 0.4) is 0 Å². The predicted molar refractivity (Wildman–Crippen MR) is 252 cm³/mol. The summed E-state index contributed by atoms with van der Waals surface area (Å²) in [4.78, 5) is 30.2. The predicted octanol–water partition coefficient (Wildman–Crippen LogP) is 8.22. The summed E-state index contributed by atoms with van der Waals surface area (Å²) >= 11 is 0. The Morgan fingerprint density at radius 2 is 0.922 bits per heavy atom. The summed E-state index contributed by atoms with van der Waals surface area (Å²) < 4.78 is 20.1. The summed E-state index contributed by atoms with van der Waals surface area (Å²) in [6, 6.07) is 31.4. The first-order valence-electron chi connectivity index (χ1n) is 19.4. The van der Waals surface area contributed by atoms with Crippen LogP contribution in [0.25, 0.3) is 82.6 Å². The Kier molecular flexibility index (Phi) is 12.6. The molecule has 12 rings (SSSR count). The highest BCUT2D eigenvalue weighted by Crippen LogP contribution is 2.29. The van der Waals surface area contributed by atoms with Crippen molar-refractivity contribution in [2.75, 3.05) is 0 Å². The van der Waals surface area contributed by atoms with E-state index < -0.39 is 0 Å². The van der Waals surface area contributed by atoms with Gasteiger partial charge in [0.25, 0.3) is 0 Å². The SMILES string of the molecule is Cc1cc(-n2ncc3cnccc32)c2ccccc2n1.Cc1nc(-n2ncc3cnccc32)c2ccccc2n1.Cc1nc2ccccc2c(-n2ncc3cnccc32)c1F.[B].[B].[B]. The third kappa shape index (κ3) is 8.02. The molecule has 0 aliphatic heterocycles. The molecule has 0 N–H and O–H groups in total. The summed E-state index contributed by atoms with van der Waals surface area (Å²) in [5.74, 6) is 1.18. The number of pyridine rings is 5. The smallest absolute Gasteiger partial charge is 0.170 e. The molecule has 12 aromatic rings. The van der Waals surface area contributed by atoms with E-state index in [1.807, 2.05) is 121 Å². The van der Waals surface area contributed by atoms with Crippen molar-refractivity contribution in [2.24, 2.45) is 0 Å². The largest absolute Gasteiger partial charge is 0.264 e. The van der Waals surface area contributed by atoms with E-state index in [1.54, 1.807) is 55.0 Å². The van der Waals surface area contributed by atoms with E-state index >= 15 is 0 Å². The van der Waals surface area contributed by atoms with Crippen LogP contribution in [0.4, 0.5) is 4.39 Å². The second kappa shape index (κ2) is 18.4. The minimum absolute atomic E-state index is 0. The maximum Gasteiger partial charge on any atom is 0.170 e. The fourth-order valence-corrected chi connectivity index (χ4v) is 7.45. The molecular formula is C47H34B3FN13. The van der Waals surface area contributed by atoms with Gasteiger partial charge in [-0.2, -0.15) is 15.3 Å². The van der Waals surface area contributed by atoms with Crippen LogP contribution in [0.15, 0.2) is 153 Å². The van der Waals surface area contributed by atoms with Gasteiger partial charge in [-0.1, -0.05) is 48.5 Å². The van der Waals surface area contributed by atoms with E-state index in [-0.39, 0.29) is 31.1 Å². The number of hydrogen-bond donors (Lipinski definition) is 0. The minimum atomic E-state index is -0.351. The maximum absolute atomic E-state index is 14.7. The zero-order valence-corrected chi connectivity index (χ0v) is 34.9. The molecule has 0 aliphatic carbocycles. The molecule has 303 valence electrons. The number of halogens is 1. The fraction of sp³-hybridized carbons (Fsp3) is 0.0638. The number of para-hydroxylation sites is 3. The lowest BCUT2D eigenvalue weighted by Gasteiger charge is -2.11. The van der Waals surface area contributed by atoms with Crippen molar-refractivity contribution in [3.63, 3.8) is 0 Å². The molecule has 0 atom stereocenters. The first-order valence-corrected chi connectivity index (χ1v) is 19.4. The monoisotopic (exact) mass is 832 g/mol. The van der Waals surface area contributed by atoms with E-state index in [2.05, 4.69) is 62.3 Å². The van der Waals surface area contributed by atoms with Gasteiger partial charge in [0.05, 0.1) is 63.1 Å². The van der Waals surface area contributed by atoms with Gasteiger partial charge in [-0.25, -0.2) is 33.4 Å². The lowest BCUT2D eigenvalue weighted by atomic mass is 10.1. The van der Waals surface area contributed by atoms with Crippen LogP contribution in [-0.4, -0.2) is 89.5 Å². The molecule has 0 aliphatic rings. The van der Waals surface area contributed by atoms with Crippen LogP contribution in [-0.2, 0) is 0 Å². The van der Waals surface area contributed by atoms with Crippen LogP contribution in [0.2, 0.25) is 0 Å². The number of rotatable bonds is 3. The van der Waals surface area contributed by atoms with Crippen LogP contribution in [0.1, 0.15) is 17.2 Å². The second-order valence-corrected chi connectivity index (χ2v) is 14.3. The topological polar surface area (TPSA) is 144 Å². The fourth-order valence-electron chi connectivity index (χ4n) is 7.45. The highest BCUT2D eigenvalue weighted by Gasteiger charge is 2.17. The molecule has 9 aromatic heterocycles. The Balaban J connectivity index is 0.000000140. The van der Waals surface area contributed by atoms with Crippen molar-refractivity contribution in [2.45, 2.75) is 20.8 Å². The molecular weight excluding hydrogens is 798 g/mol. The van der Waals surface area contributed by atoms with E-state index in [4.69, 9.17) is 0 Å². The lowest BCUT2D eigenvalue weighted by Crippen LogP contribution is -2.04. The third-order valence-corrected chi connectivity index (χ3v) is 10.2. The zero-order chi connectivity index (χ0) is 41.5. The summed E-state index contributed by atoms with van der Waals surface area (Å²) in [5.41, 5.74) is 8.35. The van der Waals surface area contributed by atoms with Gasteiger partial charge < -0.3 is 0 Å². The highest BCUT2D eigenvalue weighted by atomic mass is 19.1. The average molecular weight is 832 g/mol. The van der Waals surface area contributed by atoms with Gasteiger partial charge in [-0.3, -0.25) is 19.9 Å². The summed E-state index contributed by atoms with van der Waals surface area (Å²) in [6.07, 6.45) is 15.9. The minimum Gasteiger partial charge on any atom is -0.264 e. The zero-order valence-electron chi connectivity index (χ0n) is 34.9. The first kappa shape index (κ1) is 43.9. The number of benzene rings is 3. The van der Waals surface area contributed by atoms with E-state index in [1.165, 1.54) is 0 Å². The lowest BCUT2D eigenvalue weighted by molar-refractivity contribution is 0.600. The standard InChI is InChI=1S/C16H11FN4.C16H12N4.C15H11N5.3B/c1-10-15(17)16(12-4-2-3-5-13(12)20-10)21-14-6-7-18-8-11(14)9-19-21;1-11-8-16(13-4-2-3-5-14(13)19-11)20-15-6-7-17-9-12(15)10-18-20;1-10-18-13-5-3-2-4-12(13)15(19-10)20-14-6-7-16-8-11(14)9-17-20;;;/h2-9H,1H3;2-10H,1H3;2-9H,1H3;;;. The second-order valence-electron chi connectivity index (χ2n) is 14.3. The van der Waals surface area contributed by atoms with Crippen LogP contribution in [0, 0.1) is 26.6 Å². The van der Waals surface area contributed by atoms with Crippen LogP contribution in [0.5, 0.6) is 0 Å². The molecule has 0 amide bonds. The van der Waals surface area contributed by atoms with Gasteiger partial charge in [0.1, 0.15) is 11.5 Å². The molecule has 0 bridgehead atoms. The molecule has 64 heavy (non-hydrogen) atoms. The molecule has 9 heterocycles. The molecule has 0 saturated carbocycles. The van der Waals surface area contributed by atoms with Crippen molar-refractivity contribution in [1.82, 2.24) is 64.2 Å². The Morgan fingerprint density at radius 1 is 0.453 bits per heavy atom. The molecule has 3 aromatic carbocycles. The van der Waals surface area contributed by atoms with Crippen molar-refractivity contribution in [3.8, 4) is 17.2 Å². The van der Waals surface area contributed by atoms with Gasteiger partial charge in [-0.05, 0) is 69.3 Å². The number of nitrogens with zero attached hydrogens (tertiary/aromatic N) is 13. The molecule has 13 nitrogen and oxygen atoms in total. The highest BCUT2D eigenvalue weighted by molar-refractivity contribution is 5.92. The summed E-state index contributed by atoms with van der Waals surface area (Å²) in [7, 11) is 0. The molecule has 0 fully saturated rings. The maximum atomic E-state index is 14.7. The average Bonchev–Trinajstić information content (AvgIpc) is 4.04. The quantitative estimate of drug-likeness (QED) is 0.160. The molecule has 0 unspecified atom stereocenters. The van der Waals surface area contributed by atoms with Crippen molar-refractivity contribution >= 4 is 90.7 Å². The van der Waals surface area contributed by atoms with E-state index in [0.717, 1.165) is 88.4 Å². The van der Waals surface area contributed by atoms with Gasteiger partial charge in [0.2, 0.25) is 0 Å².